The Morgan fingerprint density at radius 1 is 0.730 bits per heavy atom. The normalized spacial score (nSPS) is 11.2. The summed E-state index contributed by atoms with van der Waals surface area (Å²) in [5.74, 6) is 2.13. The van der Waals surface area contributed by atoms with Crippen molar-refractivity contribution in [3.63, 3.8) is 0 Å². The molecule has 0 amide bonds. The van der Waals surface area contributed by atoms with E-state index in [1.54, 1.807) is 36.4 Å². The van der Waals surface area contributed by atoms with Crippen LogP contribution >= 0.6 is 0 Å². The molecule has 9 heteroatoms. The molecule has 0 aliphatic rings. The molecule has 1 heterocycles. The summed E-state index contributed by atoms with van der Waals surface area (Å²) in [5, 5.41) is 0. The SMILES string of the molecule is COc1cc(C=C(C(=O)c2cc(OC)c(OC)c(OC)c2)c2nc3ccccc3o2)cc(OC)c1OC. The van der Waals surface area contributed by atoms with E-state index in [-0.39, 0.29) is 22.8 Å². The second kappa shape index (κ2) is 10.9. The average molecular weight is 506 g/mol. The van der Waals surface area contributed by atoms with E-state index >= 15 is 0 Å². The number of oxazole rings is 1. The molecular weight excluding hydrogens is 478 g/mol. The highest BCUT2D eigenvalue weighted by Gasteiger charge is 2.24. The molecule has 4 rings (SSSR count). The first-order chi connectivity index (χ1) is 18.0. The molecule has 0 radical (unpaired) electrons. The largest absolute Gasteiger partial charge is 0.493 e. The highest BCUT2D eigenvalue weighted by atomic mass is 16.5. The summed E-state index contributed by atoms with van der Waals surface area (Å²) in [6, 6.07) is 13.9. The summed E-state index contributed by atoms with van der Waals surface area (Å²) >= 11 is 0. The number of allylic oxidation sites excluding steroid dienone is 1. The summed E-state index contributed by atoms with van der Waals surface area (Å²) in [4.78, 5) is 18.6. The molecule has 0 fully saturated rings. The average Bonchev–Trinajstić information content (AvgIpc) is 3.37. The molecule has 1 aromatic heterocycles. The van der Waals surface area contributed by atoms with Crippen molar-refractivity contribution < 1.29 is 37.6 Å². The van der Waals surface area contributed by atoms with Gasteiger partial charge in [0.2, 0.25) is 17.4 Å². The van der Waals surface area contributed by atoms with E-state index in [0.29, 0.717) is 51.2 Å². The van der Waals surface area contributed by atoms with E-state index in [1.807, 2.05) is 18.2 Å². The van der Waals surface area contributed by atoms with E-state index in [1.165, 1.54) is 42.7 Å². The Hall–Kier alpha value is -4.66. The van der Waals surface area contributed by atoms with Gasteiger partial charge in [0.25, 0.3) is 0 Å². The van der Waals surface area contributed by atoms with Gasteiger partial charge in [-0.2, -0.15) is 0 Å². The third-order valence-electron chi connectivity index (χ3n) is 5.69. The number of carbonyl (C=O) groups excluding carboxylic acids is 1. The lowest BCUT2D eigenvalue weighted by atomic mass is 9.99. The Morgan fingerprint density at radius 2 is 1.24 bits per heavy atom. The standard InChI is InChI=1S/C28H27NO8/c1-31-21-12-16(13-22(32-2)26(21)35-5)11-18(28-29-19-9-7-8-10-20(19)37-28)25(30)17-14-23(33-3)27(36-6)24(15-17)34-4/h7-15H,1-6H3. The first-order valence-corrected chi connectivity index (χ1v) is 11.2. The molecule has 37 heavy (non-hydrogen) atoms. The van der Waals surface area contributed by atoms with Crippen molar-refractivity contribution in [2.75, 3.05) is 42.7 Å². The van der Waals surface area contributed by atoms with Crippen LogP contribution in [0.5, 0.6) is 34.5 Å². The number of para-hydroxylation sites is 2. The fraction of sp³-hybridized carbons (Fsp3) is 0.214. The molecule has 9 nitrogen and oxygen atoms in total. The molecule has 4 aromatic rings. The zero-order valence-corrected chi connectivity index (χ0v) is 21.4. The number of nitrogens with zero attached hydrogens (tertiary/aromatic N) is 1. The predicted octanol–water partition coefficient (Wildman–Crippen LogP) is 5.30. The van der Waals surface area contributed by atoms with Gasteiger partial charge in [0.15, 0.2) is 34.4 Å². The van der Waals surface area contributed by atoms with E-state index in [4.69, 9.17) is 32.8 Å². The van der Waals surface area contributed by atoms with Crippen LogP contribution in [0.25, 0.3) is 22.7 Å². The molecule has 0 N–H and O–H groups in total. The smallest absolute Gasteiger partial charge is 0.231 e. The Labute approximate surface area is 214 Å². The van der Waals surface area contributed by atoms with E-state index in [2.05, 4.69) is 4.98 Å². The summed E-state index contributed by atoms with van der Waals surface area (Å²) in [5.41, 5.74) is 2.25. The molecule has 0 bridgehead atoms. The van der Waals surface area contributed by atoms with Crippen molar-refractivity contribution in [3.05, 3.63) is 65.5 Å². The van der Waals surface area contributed by atoms with Gasteiger partial charge in [-0.05, 0) is 48.0 Å². The molecule has 0 saturated heterocycles. The molecule has 0 aliphatic carbocycles. The number of hydrogen-bond acceptors (Lipinski definition) is 9. The fourth-order valence-electron chi connectivity index (χ4n) is 3.93. The lowest BCUT2D eigenvalue weighted by Gasteiger charge is -2.15. The maximum Gasteiger partial charge on any atom is 0.231 e. The molecule has 0 aliphatic heterocycles. The van der Waals surface area contributed by atoms with Crippen molar-refractivity contribution in [1.82, 2.24) is 4.98 Å². The van der Waals surface area contributed by atoms with Gasteiger partial charge >= 0.3 is 0 Å². The first-order valence-electron chi connectivity index (χ1n) is 11.2. The van der Waals surface area contributed by atoms with Crippen LogP contribution < -0.4 is 28.4 Å². The Balaban J connectivity index is 1.94. The molecule has 0 saturated carbocycles. The van der Waals surface area contributed by atoms with Crippen LogP contribution in [0.1, 0.15) is 21.8 Å². The number of methoxy groups -OCH3 is 6. The predicted molar refractivity (Wildman–Crippen MR) is 138 cm³/mol. The Morgan fingerprint density at radius 3 is 1.73 bits per heavy atom. The second-order valence-corrected chi connectivity index (χ2v) is 7.75. The highest BCUT2D eigenvalue weighted by molar-refractivity contribution is 6.32. The maximum atomic E-state index is 14.0. The first kappa shape index (κ1) is 25.4. The Kier molecular flexibility index (Phi) is 7.52. The monoisotopic (exact) mass is 505 g/mol. The van der Waals surface area contributed by atoms with Gasteiger partial charge in [-0.15, -0.1) is 0 Å². The molecule has 0 atom stereocenters. The van der Waals surface area contributed by atoms with Gasteiger partial charge in [0, 0.05) is 5.56 Å². The van der Waals surface area contributed by atoms with Crippen LogP contribution in [-0.2, 0) is 0 Å². The number of hydrogen-bond donors (Lipinski definition) is 0. The number of benzene rings is 3. The van der Waals surface area contributed by atoms with Crippen molar-refractivity contribution in [1.29, 1.82) is 0 Å². The van der Waals surface area contributed by atoms with Crippen molar-refractivity contribution >= 4 is 28.5 Å². The van der Waals surface area contributed by atoms with Gasteiger partial charge in [0.05, 0.1) is 48.2 Å². The Bertz CT molecular complexity index is 1390. The second-order valence-electron chi connectivity index (χ2n) is 7.75. The molecule has 0 unspecified atom stereocenters. The molecule has 0 spiro atoms. The number of ether oxygens (including phenoxy) is 6. The van der Waals surface area contributed by atoms with Crippen molar-refractivity contribution in [2.24, 2.45) is 0 Å². The number of fused-ring (bicyclic) bond motifs is 1. The van der Waals surface area contributed by atoms with Crippen LogP contribution in [0.4, 0.5) is 0 Å². The van der Waals surface area contributed by atoms with Gasteiger partial charge in [-0.3, -0.25) is 4.79 Å². The molecule has 192 valence electrons. The van der Waals surface area contributed by atoms with Crippen LogP contribution in [-0.4, -0.2) is 53.4 Å². The van der Waals surface area contributed by atoms with E-state index in [9.17, 15) is 4.79 Å². The minimum atomic E-state index is -0.375. The van der Waals surface area contributed by atoms with Crippen LogP contribution in [0.3, 0.4) is 0 Å². The third kappa shape index (κ3) is 4.88. The lowest BCUT2D eigenvalue weighted by Crippen LogP contribution is -2.06. The van der Waals surface area contributed by atoms with E-state index in [0.717, 1.165) is 0 Å². The van der Waals surface area contributed by atoms with Gasteiger partial charge in [0.1, 0.15) is 5.52 Å². The number of carbonyl (C=O) groups is 1. The summed E-state index contributed by atoms with van der Waals surface area (Å²) in [6.45, 7) is 0. The van der Waals surface area contributed by atoms with Crippen LogP contribution in [0, 0.1) is 0 Å². The number of rotatable bonds is 10. The topological polar surface area (TPSA) is 98.5 Å². The van der Waals surface area contributed by atoms with Crippen molar-refractivity contribution in [3.8, 4) is 34.5 Å². The molecular formula is C28H27NO8. The van der Waals surface area contributed by atoms with Gasteiger partial charge < -0.3 is 32.8 Å². The number of Topliss-reactive ketones (excluding diaryl/α,β-unsaturated/α-hetero) is 1. The summed E-state index contributed by atoms with van der Waals surface area (Å²) < 4.78 is 38.7. The zero-order valence-electron chi connectivity index (χ0n) is 21.4. The van der Waals surface area contributed by atoms with Crippen LogP contribution in [0.2, 0.25) is 0 Å². The summed E-state index contributed by atoms with van der Waals surface area (Å²) in [7, 11) is 9.03. The van der Waals surface area contributed by atoms with Gasteiger partial charge in [-0.25, -0.2) is 4.98 Å². The number of ketones is 1. The maximum absolute atomic E-state index is 14.0. The van der Waals surface area contributed by atoms with E-state index < -0.39 is 0 Å². The zero-order chi connectivity index (χ0) is 26.5. The summed E-state index contributed by atoms with van der Waals surface area (Å²) in [6.07, 6.45) is 1.65. The lowest BCUT2D eigenvalue weighted by molar-refractivity contribution is 0.105. The highest BCUT2D eigenvalue weighted by Crippen LogP contribution is 2.41. The molecule has 3 aromatic carbocycles. The van der Waals surface area contributed by atoms with Crippen LogP contribution in [0.15, 0.2) is 52.9 Å². The van der Waals surface area contributed by atoms with Gasteiger partial charge in [-0.1, -0.05) is 12.1 Å². The minimum Gasteiger partial charge on any atom is -0.493 e. The fourth-order valence-corrected chi connectivity index (χ4v) is 3.93. The number of aromatic nitrogens is 1. The minimum absolute atomic E-state index is 0.147. The quantitative estimate of drug-likeness (QED) is 0.210. The van der Waals surface area contributed by atoms with Crippen molar-refractivity contribution in [2.45, 2.75) is 0 Å². The third-order valence-corrected chi connectivity index (χ3v) is 5.69.